The molecule has 0 radical (unpaired) electrons. The summed E-state index contributed by atoms with van der Waals surface area (Å²) in [6.45, 7) is 3.92. The molecule has 22 heavy (non-hydrogen) atoms. The quantitative estimate of drug-likeness (QED) is 0.895. The van der Waals surface area contributed by atoms with Crippen molar-refractivity contribution < 1.29 is 14.3 Å². The predicted octanol–water partition coefficient (Wildman–Crippen LogP) is 2.89. The number of benzene rings is 2. The average Bonchev–Trinajstić information content (AvgIpc) is 2.45. The monoisotopic (exact) mass is 296 g/mol. The molecule has 1 aliphatic rings. The van der Waals surface area contributed by atoms with E-state index >= 15 is 0 Å². The second-order valence-electron chi connectivity index (χ2n) is 5.38. The lowest BCUT2D eigenvalue weighted by Crippen LogP contribution is -2.25. The lowest BCUT2D eigenvalue weighted by atomic mass is 10.1. The van der Waals surface area contributed by atoms with Crippen molar-refractivity contribution in [1.82, 2.24) is 0 Å². The average molecular weight is 296 g/mol. The maximum atomic E-state index is 12.3. The molecule has 1 aliphatic heterocycles. The third kappa shape index (κ3) is 2.93. The molecule has 0 atom stereocenters. The van der Waals surface area contributed by atoms with Gasteiger partial charge in [-0.25, -0.2) is 0 Å². The van der Waals surface area contributed by atoms with Gasteiger partial charge < -0.3 is 15.4 Å². The minimum atomic E-state index is -0.203. The number of carbonyl (C=O) groups excluding carboxylic acids is 2. The molecule has 0 unspecified atom stereocenters. The topological polar surface area (TPSA) is 67.4 Å². The zero-order valence-corrected chi connectivity index (χ0v) is 12.4. The van der Waals surface area contributed by atoms with Crippen LogP contribution in [0.2, 0.25) is 0 Å². The van der Waals surface area contributed by atoms with Crippen molar-refractivity contribution in [3.05, 3.63) is 53.1 Å². The lowest BCUT2D eigenvalue weighted by Gasteiger charge is -2.18. The van der Waals surface area contributed by atoms with Gasteiger partial charge in [-0.3, -0.25) is 9.59 Å². The van der Waals surface area contributed by atoms with E-state index in [0.717, 1.165) is 11.1 Å². The number of carbonyl (C=O) groups is 2. The Labute approximate surface area is 128 Å². The summed E-state index contributed by atoms with van der Waals surface area (Å²) in [6.07, 6.45) is 0. The smallest absolute Gasteiger partial charge is 0.262 e. The number of anilines is 2. The van der Waals surface area contributed by atoms with Crippen LogP contribution in [0, 0.1) is 13.8 Å². The van der Waals surface area contributed by atoms with Crippen LogP contribution >= 0.6 is 0 Å². The van der Waals surface area contributed by atoms with Crippen LogP contribution in [0.5, 0.6) is 5.75 Å². The van der Waals surface area contributed by atoms with Gasteiger partial charge in [0.15, 0.2) is 6.61 Å². The summed E-state index contributed by atoms with van der Waals surface area (Å²) in [5, 5.41) is 5.55. The van der Waals surface area contributed by atoms with Gasteiger partial charge >= 0.3 is 0 Å². The van der Waals surface area contributed by atoms with E-state index in [4.69, 9.17) is 4.74 Å². The molecule has 3 rings (SSSR count). The number of hydrogen-bond donors (Lipinski definition) is 2. The zero-order valence-electron chi connectivity index (χ0n) is 12.4. The van der Waals surface area contributed by atoms with Gasteiger partial charge in [0.2, 0.25) is 0 Å². The Morgan fingerprint density at radius 3 is 2.59 bits per heavy atom. The van der Waals surface area contributed by atoms with Crippen molar-refractivity contribution >= 4 is 23.2 Å². The van der Waals surface area contributed by atoms with E-state index in [1.54, 1.807) is 18.2 Å². The first-order valence-electron chi connectivity index (χ1n) is 6.97. The van der Waals surface area contributed by atoms with Crippen molar-refractivity contribution in [1.29, 1.82) is 0 Å². The Morgan fingerprint density at radius 1 is 1.14 bits per heavy atom. The summed E-state index contributed by atoms with van der Waals surface area (Å²) in [7, 11) is 0. The maximum Gasteiger partial charge on any atom is 0.262 e. The summed E-state index contributed by atoms with van der Waals surface area (Å²) >= 11 is 0. The van der Waals surface area contributed by atoms with Crippen molar-refractivity contribution in [3.63, 3.8) is 0 Å². The van der Waals surface area contributed by atoms with Gasteiger partial charge in [-0.05, 0) is 44.2 Å². The highest BCUT2D eigenvalue weighted by Gasteiger charge is 2.16. The Morgan fingerprint density at radius 2 is 1.86 bits per heavy atom. The number of fused-ring (bicyclic) bond motifs is 1. The predicted molar refractivity (Wildman–Crippen MR) is 84.4 cm³/mol. The van der Waals surface area contributed by atoms with Gasteiger partial charge in [0.05, 0.1) is 5.69 Å². The Bertz CT molecular complexity index is 748. The van der Waals surface area contributed by atoms with Crippen molar-refractivity contribution in [3.8, 4) is 5.75 Å². The van der Waals surface area contributed by atoms with Gasteiger partial charge in [-0.1, -0.05) is 17.2 Å². The van der Waals surface area contributed by atoms with Crippen molar-refractivity contribution in [2.75, 3.05) is 17.2 Å². The van der Waals surface area contributed by atoms with Crippen molar-refractivity contribution in [2.45, 2.75) is 13.8 Å². The molecule has 0 aromatic heterocycles. The number of aryl methyl sites for hydroxylation is 2. The van der Waals surface area contributed by atoms with Crippen LogP contribution in [0.15, 0.2) is 36.4 Å². The Balaban J connectivity index is 1.82. The fraction of sp³-hybridized carbons (Fsp3) is 0.176. The number of amides is 2. The van der Waals surface area contributed by atoms with Crippen LogP contribution in [-0.4, -0.2) is 18.4 Å². The van der Waals surface area contributed by atoms with E-state index in [2.05, 4.69) is 10.6 Å². The molecule has 0 spiro atoms. The maximum absolute atomic E-state index is 12.3. The highest BCUT2D eigenvalue weighted by atomic mass is 16.5. The van der Waals surface area contributed by atoms with Gasteiger partial charge in [0.1, 0.15) is 5.75 Å². The molecule has 112 valence electrons. The van der Waals surface area contributed by atoms with E-state index in [1.165, 1.54) is 0 Å². The van der Waals surface area contributed by atoms with Gasteiger partial charge in [0.25, 0.3) is 11.8 Å². The molecule has 2 N–H and O–H groups in total. The minimum Gasteiger partial charge on any atom is -0.482 e. The van der Waals surface area contributed by atoms with Gasteiger partial charge in [-0.2, -0.15) is 0 Å². The molecule has 2 aromatic carbocycles. The van der Waals surface area contributed by atoms with E-state index in [1.807, 2.05) is 32.0 Å². The fourth-order valence-corrected chi connectivity index (χ4v) is 2.47. The van der Waals surface area contributed by atoms with Crippen LogP contribution < -0.4 is 15.4 Å². The number of nitrogens with one attached hydrogen (secondary N) is 2. The molecule has 0 saturated carbocycles. The summed E-state index contributed by atoms with van der Waals surface area (Å²) in [4.78, 5) is 23.7. The molecule has 1 heterocycles. The molecule has 0 saturated heterocycles. The number of ether oxygens (including phenoxy) is 1. The molecule has 5 nitrogen and oxygen atoms in total. The molecule has 5 heteroatoms. The highest BCUT2D eigenvalue weighted by molar-refractivity contribution is 6.05. The molecule has 2 aromatic rings. The van der Waals surface area contributed by atoms with E-state index in [0.29, 0.717) is 22.7 Å². The fourth-order valence-electron chi connectivity index (χ4n) is 2.47. The normalized spacial score (nSPS) is 12.9. The second-order valence-corrected chi connectivity index (χ2v) is 5.38. The van der Waals surface area contributed by atoms with Crippen LogP contribution in [0.1, 0.15) is 21.5 Å². The summed E-state index contributed by atoms with van der Waals surface area (Å²) < 4.78 is 5.29. The van der Waals surface area contributed by atoms with Crippen LogP contribution in [0.3, 0.4) is 0 Å². The first kappa shape index (κ1) is 14.1. The highest BCUT2D eigenvalue weighted by Crippen LogP contribution is 2.30. The second kappa shape index (κ2) is 5.52. The van der Waals surface area contributed by atoms with Gasteiger partial charge in [-0.15, -0.1) is 0 Å². The first-order chi connectivity index (χ1) is 10.5. The Kier molecular flexibility index (Phi) is 3.55. The van der Waals surface area contributed by atoms with Crippen molar-refractivity contribution in [2.24, 2.45) is 0 Å². The third-order valence-electron chi connectivity index (χ3n) is 3.35. The standard InChI is InChI=1S/C17H16N2O3/c1-10-5-11(2)7-12(6-10)17(21)18-13-3-4-15-14(8-13)19-16(20)9-22-15/h3-8H,9H2,1-2H3,(H,18,21)(H,19,20). The third-order valence-corrected chi connectivity index (χ3v) is 3.35. The molecule has 0 bridgehead atoms. The Hall–Kier alpha value is -2.82. The number of rotatable bonds is 2. The zero-order chi connectivity index (χ0) is 15.7. The van der Waals surface area contributed by atoms with Crippen LogP contribution in [0.4, 0.5) is 11.4 Å². The molecule has 0 aliphatic carbocycles. The molecular formula is C17H16N2O3. The minimum absolute atomic E-state index is 0.0152. The molecule has 2 amide bonds. The molecular weight excluding hydrogens is 280 g/mol. The molecule has 0 fully saturated rings. The SMILES string of the molecule is Cc1cc(C)cc(C(=O)Nc2ccc3c(c2)NC(=O)CO3)c1. The van der Waals surface area contributed by atoms with Crippen LogP contribution in [-0.2, 0) is 4.79 Å². The van der Waals surface area contributed by atoms with E-state index < -0.39 is 0 Å². The van der Waals surface area contributed by atoms with E-state index in [9.17, 15) is 9.59 Å². The van der Waals surface area contributed by atoms with Crippen LogP contribution in [0.25, 0.3) is 0 Å². The summed E-state index contributed by atoms with van der Waals surface area (Å²) in [5.41, 5.74) is 3.85. The van der Waals surface area contributed by atoms with E-state index in [-0.39, 0.29) is 18.4 Å². The lowest BCUT2D eigenvalue weighted by molar-refractivity contribution is -0.118. The summed E-state index contributed by atoms with van der Waals surface area (Å²) in [5.74, 6) is 0.212. The largest absolute Gasteiger partial charge is 0.482 e. The first-order valence-corrected chi connectivity index (χ1v) is 6.97. The summed E-state index contributed by atoms with van der Waals surface area (Å²) in [6, 6.07) is 10.9. The van der Waals surface area contributed by atoms with Gasteiger partial charge in [0, 0.05) is 11.3 Å². The number of hydrogen-bond acceptors (Lipinski definition) is 3.